The summed E-state index contributed by atoms with van der Waals surface area (Å²) in [7, 11) is 1.61. The maximum absolute atomic E-state index is 12.5. The van der Waals surface area contributed by atoms with E-state index in [1.54, 1.807) is 7.11 Å². The maximum atomic E-state index is 12.5. The summed E-state index contributed by atoms with van der Waals surface area (Å²) in [6, 6.07) is 7.56. The highest BCUT2D eigenvalue weighted by atomic mass is 16.5. The number of ether oxygens (including phenoxy) is 1. The normalized spacial score (nSPS) is 30.0. The van der Waals surface area contributed by atoms with Crippen LogP contribution in [0.5, 0.6) is 5.75 Å². The van der Waals surface area contributed by atoms with Gasteiger partial charge in [0.05, 0.1) is 12.5 Å². The summed E-state index contributed by atoms with van der Waals surface area (Å²) in [5.41, 5.74) is 0.228. The van der Waals surface area contributed by atoms with Crippen molar-refractivity contribution in [3.63, 3.8) is 0 Å². The van der Waals surface area contributed by atoms with Gasteiger partial charge in [-0.3, -0.25) is 14.9 Å². The third kappa shape index (κ3) is 1.99. The zero-order valence-corrected chi connectivity index (χ0v) is 12.4. The van der Waals surface area contributed by atoms with E-state index in [2.05, 4.69) is 5.32 Å². The predicted octanol–water partition coefficient (Wildman–Crippen LogP) is 2.27. The first kappa shape index (κ1) is 14.6. The van der Waals surface area contributed by atoms with Gasteiger partial charge in [-0.2, -0.15) is 0 Å². The highest BCUT2D eigenvalue weighted by Gasteiger charge is 2.51. The lowest BCUT2D eigenvalue weighted by Gasteiger charge is -2.43. The summed E-state index contributed by atoms with van der Waals surface area (Å²) >= 11 is 0. The number of nitrogens with one attached hydrogen (secondary N) is 1. The van der Waals surface area contributed by atoms with Crippen LogP contribution in [0, 0.1) is 11.8 Å². The molecule has 1 N–H and O–H groups in total. The number of piperidine rings is 1. The standard InChI is InChI=1S/C16H21NO3/c1-5-16(12-7-6-8-13(9-12)20-4)11(3)10(2)14(18)17-15(16)19/h6-11H,5H2,1-4H3,(H,17,18,19). The van der Waals surface area contributed by atoms with Gasteiger partial charge < -0.3 is 4.74 Å². The zero-order chi connectivity index (χ0) is 14.9. The molecule has 4 heteroatoms. The number of carbonyl (C=O) groups excluding carboxylic acids is 2. The Bertz CT molecular complexity index is 540. The van der Waals surface area contributed by atoms with Crippen molar-refractivity contribution in [3.8, 4) is 5.75 Å². The van der Waals surface area contributed by atoms with Crippen LogP contribution in [0.1, 0.15) is 32.8 Å². The fourth-order valence-electron chi connectivity index (χ4n) is 3.18. The van der Waals surface area contributed by atoms with Gasteiger partial charge >= 0.3 is 0 Å². The summed E-state index contributed by atoms with van der Waals surface area (Å²) in [5, 5.41) is 2.52. The summed E-state index contributed by atoms with van der Waals surface area (Å²) in [4.78, 5) is 24.4. The van der Waals surface area contributed by atoms with E-state index in [9.17, 15) is 9.59 Å². The first-order chi connectivity index (χ1) is 9.47. The van der Waals surface area contributed by atoms with Crippen molar-refractivity contribution in [2.24, 2.45) is 11.8 Å². The van der Waals surface area contributed by atoms with Crippen molar-refractivity contribution in [3.05, 3.63) is 29.8 Å². The molecule has 3 unspecified atom stereocenters. The average Bonchev–Trinajstić information content (AvgIpc) is 2.46. The Hall–Kier alpha value is -1.84. The third-order valence-electron chi connectivity index (χ3n) is 4.73. The molecule has 0 aliphatic carbocycles. The monoisotopic (exact) mass is 275 g/mol. The van der Waals surface area contributed by atoms with Gasteiger partial charge in [0.1, 0.15) is 5.75 Å². The van der Waals surface area contributed by atoms with Gasteiger partial charge in [0.15, 0.2) is 0 Å². The van der Waals surface area contributed by atoms with Crippen LogP contribution in [0.15, 0.2) is 24.3 Å². The molecule has 2 amide bonds. The highest BCUT2D eigenvalue weighted by Crippen LogP contribution is 2.43. The molecule has 1 aliphatic heterocycles. The Labute approximate surface area is 119 Å². The zero-order valence-electron chi connectivity index (χ0n) is 12.4. The Kier molecular flexibility index (Phi) is 3.84. The molecule has 1 heterocycles. The van der Waals surface area contributed by atoms with Crippen molar-refractivity contribution in [2.75, 3.05) is 7.11 Å². The third-order valence-corrected chi connectivity index (χ3v) is 4.73. The van der Waals surface area contributed by atoms with Gasteiger partial charge in [0, 0.05) is 5.92 Å². The van der Waals surface area contributed by atoms with E-state index < -0.39 is 5.41 Å². The van der Waals surface area contributed by atoms with E-state index in [1.165, 1.54) is 0 Å². The summed E-state index contributed by atoms with van der Waals surface area (Å²) in [6.45, 7) is 5.83. The van der Waals surface area contributed by atoms with Crippen molar-refractivity contribution in [1.82, 2.24) is 5.32 Å². The number of amides is 2. The van der Waals surface area contributed by atoms with Gasteiger partial charge in [0.25, 0.3) is 0 Å². The van der Waals surface area contributed by atoms with Crippen molar-refractivity contribution >= 4 is 11.8 Å². The maximum Gasteiger partial charge on any atom is 0.237 e. The second-order valence-corrected chi connectivity index (χ2v) is 5.45. The Morgan fingerprint density at radius 1 is 1.30 bits per heavy atom. The van der Waals surface area contributed by atoms with Crippen molar-refractivity contribution in [1.29, 1.82) is 0 Å². The second kappa shape index (κ2) is 5.27. The van der Waals surface area contributed by atoms with Crippen LogP contribution in [0.3, 0.4) is 0 Å². The summed E-state index contributed by atoms with van der Waals surface area (Å²) in [5.74, 6) is 0.0814. The minimum atomic E-state index is -0.679. The number of methoxy groups -OCH3 is 1. The van der Waals surface area contributed by atoms with Crippen LogP contribution in [0.4, 0.5) is 0 Å². The van der Waals surface area contributed by atoms with Crippen LogP contribution in [-0.4, -0.2) is 18.9 Å². The summed E-state index contributed by atoms with van der Waals surface area (Å²) < 4.78 is 5.25. The van der Waals surface area contributed by atoms with Crippen LogP contribution >= 0.6 is 0 Å². The predicted molar refractivity (Wildman–Crippen MR) is 76.4 cm³/mol. The molecule has 1 fully saturated rings. The Morgan fingerprint density at radius 2 is 2.00 bits per heavy atom. The molecule has 3 atom stereocenters. The van der Waals surface area contributed by atoms with Crippen LogP contribution in [-0.2, 0) is 15.0 Å². The summed E-state index contributed by atoms with van der Waals surface area (Å²) in [6.07, 6.45) is 0.644. The first-order valence-electron chi connectivity index (χ1n) is 6.97. The van der Waals surface area contributed by atoms with Gasteiger partial charge in [-0.05, 0) is 30.0 Å². The number of imide groups is 1. The number of hydrogen-bond acceptors (Lipinski definition) is 3. The number of rotatable bonds is 3. The first-order valence-corrected chi connectivity index (χ1v) is 6.97. The molecule has 1 aromatic rings. The minimum absolute atomic E-state index is 0.0548. The van der Waals surface area contributed by atoms with Crippen LogP contribution in [0.2, 0.25) is 0 Å². The van der Waals surface area contributed by atoms with E-state index in [0.29, 0.717) is 6.42 Å². The Balaban J connectivity index is 2.56. The molecular formula is C16H21NO3. The van der Waals surface area contributed by atoms with E-state index >= 15 is 0 Å². The Morgan fingerprint density at radius 3 is 2.60 bits per heavy atom. The highest BCUT2D eigenvalue weighted by molar-refractivity contribution is 6.04. The lowest BCUT2D eigenvalue weighted by atomic mass is 9.62. The quantitative estimate of drug-likeness (QED) is 0.861. The molecule has 0 radical (unpaired) electrons. The smallest absolute Gasteiger partial charge is 0.237 e. The van der Waals surface area contributed by atoms with Gasteiger partial charge in [0.2, 0.25) is 11.8 Å². The molecule has 0 bridgehead atoms. The minimum Gasteiger partial charge on any atom is -0.497 e. The molecule has 20 heavy (non-hydrogen) atoms. The van der Waals surface area contributed by atoms with Crippen LogP contribution in [0.25, 0.3) is 0 Å². The average molecular weight is 275 g/mol. The molecule has 0 saturated carbocycles. The second-order valence-electron chi connectivity index (χ2n) is 5.45. The molecule has 108 valence electrons. The molecule has 1 aromatic carbocycles. The van der Waals surface area contributed by atoms with Gasteiger partial charge in [-0.15, -0.1) is 0 Å². The molecule has 1 aliphatic rings. The van der Waals surface area contributed by atoms with Crippen LogP contribution < -0.4 is 10.1 Å². The van der Waals surface area contributed by atoms with Gasteiger partial charge in [-0.25, -0.2) is 0 Å². The molecule has 0 spiro atoms. The van der Waals surface area contributed by atoms with Crippen molar-refractivity contribution in [2.45, 2.75) is 32.6 Å². The fourth-order valence-corrected chi connectivity index (χ4v) is 3.18. The van der Waals surface area contributed by atoms with Gasteiger partial charge in [-0.1, -0.05) is 32.9 Å². The molecule has 2 rings (SSSR count). The molecule has 4 nitrogen and oxygen atoms in total. The van der Waals surface area contributed by atoms with E-state index in [1.807, 2.05) is 45.0 Å². The number of hydrogen-bond donors (Lipinski definition) is 1. The van der Waals surface area contributed by atoms with Crippen molar-refractivity contribution < 1.29 is 14.3 Å². The number of benzene rings is 1. The fraction of sp³-hybridized carbons (Fsp3) is 0.500. The lowest BCUT2D eigenvalue weighted by molar-refractivity contribution is -0.144. The lowest BCUT2D eigenvalue weighted by Crippen LogP contribution is -2.59. The topological polar surface area (TPSA) is 55.4 Å². The number of carbonyl (C=O) groups is 2. The van der Waals surface area contributed by atoms with E-state index in [4.69, 9.17) is 4.74 Å². The largest absolute Gasteiger partial charge is 0.497 e. The molecule has 1 saturated heterocycles. The van der Waals surface area contributed by atoms with E-state index in [-0.39, 0.29) is 23.7 Å². The SMILES string of the molecule is CCC1(c2cccc(OC)c2)C(=O)NC(=O)C(C)C1C. The van der Waals surface area contributed by atoms with E-state index in [0.717, 1.165) is 11.3 Å². The molecular weight excluding hydrogens is 254 g/mol. The molecule has 0 aromatic heterocycles.